The highest BCUT2D eigenvalue weighted by atomic mass is 35.5. The fourth-order valence-corrected chi connectivity index (χ4v) is 3.59. The molecule has 1 aliphatic rings. The summed E-state index contributed by atoms with van der Waals surface area (Å²) in [5.74, 6) is -0.265. The third kappa shape index (κ3) is 4.91. The van der Waals surface area contributed by atoms with E-state index in [0.717, 1.165) is 25.9 Å². The van der Waals surface area contributed by atoms with Crippen molar-refractivity contribution in [3.05, 3.63) is 52.8 Å². The summed E-state index contributed by atoms with van der Waals surface area (Å²) in [4.78, 5) is 14.4. The van der Waals surface area contributed by atoms with Gasteiger partial charge in [0.05, 0.1) is 17.8 Å². The lowest BCUT2D eigenvalue weighted by atomic mass is 10.1. The maximum Gasteiger partial charge on any atom is 0.257 e. The van der Waals surface area contributed by atoms with Crippen LogP contribution in [0.15, 0.2) is 36.4 Å². The smallest absolute Gasteiger partial charge is 0.257 e. The number of hydrogen-bond acceptors (Lipinski definition) is 4. The molecule has 0 bridgehead atoms. The topological polar surface area (TPSA) is 53.6 Å². The minimum absolute atomic E-state index is 0.0714. The normalized spacial score (nSPS) is 13.8. The van der Waals surface area contributed by atoms with E-state index < -0.39 is 5.91 Å². The van der Waals surface area contributed by atoms with Crippen LogP contribution in [0.1, 0.15) is 29.6 Å². The first-order chi connectivity index (χ1) is 13.5. The number of rotatable bonds is 4. The molecule has 0 aliphatic carbocycles. The van der Waals surface area contributed by atoms with Gasteiger partial charge >= 0.3 is 0 Å². The Balaban J connectivity index is 1.62. The third-order valence-electron chi connectivity index (χ3n) is 4.54. The molecule has 1 saturated heterocycles. The molecular weight excluding hydrogens is 401 g/mol. The van der Waals surface area contributed by atoms with Crippen LogP contribution < -0.4 is 20.3 Å². The van der Waals surface area contributed by atoms with Gasteiger partial charge in [0.15, 0.2) is 5.11 Å². The van der Waals surface area contributed by atoms with Gasteiger partial charge in [0.2, 0.25) is 0 Å². The van der Waals surface area contributed by atoms with Gasteiger partial charge in [0.25, 0.3) is 5.91 Å². The van der Waals surface area contributed by atoms with E-state index in [2.05, 4.69) is 15.5 Å². The SMILES string of the molecule is COc1ccc(C(=O)NC(=S)Nc2ccc(N3CCCCC3)c(F)c2)cc1Cl. The Bertz CT molecular complexity index is 888. The lowest BCUT2D eigenvalue weighted by Gasteiger charge is -2.29. The summed E-state index contributed by atoms with van der Waals surface area (Å²) in [6.07, 6.45) is 3.33. The van der Waals surface area contributed by atoms with Crippen molar-refractivity contribution in [3.8, 4) is 5.75 Å². The highest BCUT2D eigenvalue weighted by Crippen LogP contribution is 2.26. The Labute approximate surface area is 173 Å². The number of carbonyl (C=O) groups excluding carboxylic acids is 1. The Morgan fingerprint density at radius 1 is 1.18 bits per heavy atom. The van der Waals surface area contributed by atoms with Crippen molar-refractivity contribution in [3.63, 3.8) is 0 Å². The maximum absolute atomic E-state index is 14.5. The fourth-order valence-electron chi connectivity index (χ4n) is 3.12. The highest BCUT2D eigenvalue weighted by molar-refractivity contribution is 7.80. The fraction of sp³-hybridized carbons (Fsp3) is 0.300. The van der Waals surface area contributed by atoms with Crippen molar-refractivity contribution in [2.45, 2.75) is 19.3 Å². The molecule has 28 heavy (non-hydrogen) atoms. The molecule has 2 aromatic rings. The quantitative estimate of drug-likeness (QED) is 0.706. The van der Waals surface area contributed by atoms with Crippen molar-refractivity contribution < 1.29 is 13.9 Å². The summed E-state index contributed by atoms with van der Waals surface area (Å²) in [7, 11) is 1.50. The molecule has 3 rings (SSSR count). The Morgan fingerprint density at radius 2 is 1.93 bits per heavy atom. The van der Waals surface area contributed by atoms with E-state index >= 15 is 0 Å². The van der Waals surface area contributed by atoms with Crippen molar-refractivity contribution >= 4 is 46.2 Å². The molecule has 148 valence electrons. The first kappa shape index (κ1) is 20.4. The summed E-state index contributed by atoms with van der Waals surface area (Å²) >= 11 is 11.2. The van der Waals surface area contributed by atoms with Gasteiger partial charge in [-0.05, 0) is 67.9 Å². The lowest BCUT2D eigenvalue weighted by molar-refractivity contribution is 0.0977. The second-order valence-electron chi connectivity index (χ2n) is 6.47. The van der Waals surface area contributed by atoms with Gasteiger partial charge in [0, 0.05) is 24.3 Å². The first-order valence-electron chi connectivity index (χ1n) is 8.98. The van der Waals surface area contributed by atoms with Crippen LogP contribution in [-0.4, -0.2) is 31.2 Å². The number of anilines is 2. The van der Waals surface area contributed by atoms with E-state index in [9.17, 15) is 9.18 Å². The second-order valence-corrected chi connectivity index (χ2v) is 7.29. The number of hydrogen-bond donors (Lipinski definition) is 2. The number of amides is 1. The Morgan fingerprint density at radius 3 is 2.57 bits per heavy atom. The Hall–Kier alpha value is -2.38. The van der Waals surface area contributed by atoms with Crippen LogP contribution in [0.4, 0.5) is 15.8 Å². The minimum Gasteiger partial charge on any atom is -0.495 e. The number of ether oxygens (including phenoxy) is 1. The van der Waals surface area contributed by atoms with E-state index in [-0.39, 0.29) is 10.9 Å². The van der Waals surface area contributed by atoms with Gasteiger partial charge in [-0.2, -0.15) is 0 Å². The standard InChI is InChI=1S/C20H21ClFN3O2S/c1-27-18-8-5-13(11-15(18)21)19(26)24-20(28)23-14-6-7-17(16(22)12-14)25-9-3-2-4-10-25/h5-8,11-12H,2-4,9-10H2,1H3,(H2,23,24,26,28). The van der Waals surface area contributed by atoms with Crippen molar-refractivity contribution in [2.75, 3.05) is 30.4 Å². The zero-order valence-electron chi connectivity index (χ0n) is 15.4. The van der Waals surface area contributed by atoms with Gasteiger partial charge in [-0.1, -0.05) is 11.6 Å². The number of piperidine rings is 1. The molecule has 5 nitrogen and oxygen atoms in total. The monoisotopic (exact) mass is 421 g/mol. The molecule has 0 radical (unpaired) electrons. The van der Waals surface area contributed by atoms with Gasteiger partial charge < -0.3 is 15.0 Å². The predicted octanol–water partition coefficient (Wildman–Crippen LogP) is 4.60. The predicted molar refractivity (Wildman–Crippen MR) is 114 cm³/mol. The summed E-state index contributed by atoms with van der Waals surface area (Å²) in [6, 6.07) is 9.53. The van der Waals surface area contributed by atoms with E-state index in [1.807, 2.05) is 0 Å². The number of halogens is 2. The molecule has 0 saturated carbocycles. The molecule has 0 unspecified atom stereocenters. The van der Waals surface area contributed by atoms with Gasteiger partial charge in [-0.3, -0.25) is 10.1 Å². The van der Waals surface area contributed by atoms with Crippen LogP contribution in [0, 0.1) is 5.82 Å². The van der Waals surface area contributed by atoms with Crippen LogP contribution in [0.3, 0.4) is 0 Å². The van der Waals surface area contributed by atoms with E-state index in [4.69, 9.17) is 28.6 Å². The maximum atomic E-state index is 14.5. The van der Waals surface area contributed by atoms with Crippen molar-refractivity contribution in [2.24, 2.45) is 0 Å². The third-order valence-corrected chi connectivity index (χ3v) is 5.04. The molecule has 1 amide bonds. The minimum atomic E-state index is -0.424. The summed E-state index contributed by atoms with van der Waals surface area (Å²) in [6.45, 7) is 1.73. The Kier molecular flexibility index (Phi) is 6.70. The van der Waals surface area contributed by atoms with Crippen LogP contribution in [0.2, 0.25) is 5.02 Å². The average Bonchev–Trinajstić information content (AvgIpc) is 2.68. The van der Waals surface area contributed by atoms with E-state index in [1.54, 1.807) is 24.3 Å². The number of carbonyl (C=O) groups is 1. The van der Waals surface area contributed by atoms with Crippen LogP contribution >= 0.6 is 23.8 Å². The molecule has 0 spiro atoms. The average molecular weight is 422 g/mol. The van der Waals surface area contributed by atoms with Gasteiger partial charge in [-0.15, -0.1) is 0 Å². The van der Waals surface area contributed by atoms with Crippen molar-refractivity contribution in [1.29, 1.82) is 0 Å². The van der Waals surface area contributed by atoms with Gasteiger partial charge in [-0.25, -0.2) is 4.39 Å². The van der Waals surface area contributed by atoms with E-state index in [0.29, 0.717) is 27.7 Å². The number of thiocarbonyl (C=S) groups is 1. The molecule has 2 N–H and O–H groups in total. The lowest BCUT2D eigenvalue weighted by Crippen LogP contribution is -2.34. The molecular formula is C20H21ClFN3O2S. The van der Waals surface area contributed by atoms with E-state index in [1.165, 1.54) is 25.7 Å². The van der Waals surface area contributed by atoms with Crippen LogP contribution in [-0.2, 0) is 0 Å². The largest absolute Gasteiger partial charge is 0.495 e. The van der Waals surface area contributed by atoms with Crippen molar-refractivity contribution in [1.82, 2.24) is 5.32 Å². The zero-order chi connectivity index (χ0) is 20.1. The molecule has 8 heteroatoms. The molecule has 0 aromatic heterocycles. The second kappa shape index (κ2) is 9.21. The first-order valence-corrected chi connectivity index (χ1v) is 9.77. The number of methoxy groups -OCH3 is 1. The summed E-state index contributed by atoms with van der Waals surface area (Å²) in [5, 5.41) is 5.78. The molecule has 1 heterocycles. The zero-order valence-corrected chi connectivity index (χ0v) is 17.0. The molecule has 0 atom stereocenters. The molecule has 2 aromatic carbocycles. The number of nitrogens with zero attached hydrogens (tertiary/aromatic N) is 1. The van der Waals surface area contributed by atoms with Crippen LogP contribution in [0.25, 0.3) is 0 Å². The highest BCUT2D eigenvalue weighted by Gasteiger charge is 2.16. The summed E-state index contributed by atoms with van der Waals surface area (Å²) in [5.41, 5.74) is 1.39. The number of nitrogens with one attached hydrogen (secondary N) is 2. The molecule has 1 fully saturated rings. The summed E-state index contributed by atoms with van der Waals surface area (Å²) < 4.78 is 19.6. The van der Waals surface area contributed by atoms with Crippen LogP contribution in [0.5, 0.6) is 5.75 Å². The molecule has 1 aliphatic heterocycles. The van der Waals surface area contributed by atoms with Gasteiger partial charge in [0.1, 0.15) is 11.6 Å². The number of benzene rings is 2.